The van der Waals surface area contributed by atoms with Gasteiger partial charge in [0.1, 0.15) is 11.6 Å². The minimum Gasteiger partial charge on any atom is -0.330 e. The summed E-state index contributed by atoms with van der Waals surface area (Å²) in [6.07, 6.45) is 1.63. The van der Waals surface area contributed by atoms with Gasteiger partial charge >= 0.3 is 0 Å². The molecule has 1 aromatic rings. The first-order valence-electron chi connectivity index (χ1n) is 5.71. The average Bonchev–Trinajstić information content (AvgIpc) is 2.23. The first kappa shape index (κ1) is 13.1. The van der Waals surface area contributed by atoms with Crippen LogP contribution in [0.2, 0.25) is 0 Å². The van der Waals surface area contributed by atoms with Crippen LogP contribution in [0.3, 0.4) is 0 Å². The predicted octanol–water partition coefficient (Wildman–Crippen LogP) is 3.44. The standard InChI is InChI=1S/C13H19F2N/c1-9(2)11(4-3-7-16)12-8-10(14)5-6-13(12)15/h5-6,8-9,11H,3-4,7,16H2,1-2H3. The Morgan fingerprint density at radius 2 is 1.94 bits per heavy atom. The van der Waals surface area contributed by atoms with Crippen LogP contribution in [0.1, 0.15) is 38.2 Å². The lowest BCUT2D eigenvalue weighted by Gasteiger charge is -2.21. The topological polar surface area (TPSA) is 26.0 Å². The fourth-order valence-electron chi connectivity index (χ4n) is 1.98. The Morgan fingerprint density at radius 1 is 1.25 bits per heavy atom. The summed E-state index contributed by atoms with van der Waals surface area (Å²) < 4.78 is 26.7. The molecule has 1 atom stereocenters. The molecular formula is C13H19F2N. The van der Waals surface area contributed by atoms with E-state index in [1.807, 2.05) is 13.8 Å². The summed E-state index contributed by atoms with van der Waals surface area (Å²) in [7, 11) is 0. The zero-order valence-electron chi connectivity index (χ0n) is 9.84. The van der Waals surface area contributed by atoms with Gasteiger partial charge in [0, 0.05) is 0 Å². The molecule has 0 fully saturated rings. The van der Waals surface area contributed by atoms with Crippen molar-refractivity contribution < 1.29 is 8.78 Å². The van der Waals surface area contributed by atoms with Crippen molar-refractivity contribution in [3.8, 4) is 0 Å². The molecule has 16 heavy (non-hydrogen) atoms. The Morgan fingerprint density at radius 3 is 2.50 bits per heavy atom. The fourth-order valence-corrected chi connectivity index (χ4v) is 1.98. The third-order valence-electron chi connectivity index (χ3n) is 2.88. The van der Waals surface area contributed by atoms with Crippen LogP contribution in [-0.4, -0.2) is 6.54 Å². The predicted molar refractivity (Wildman–Crippen MR) is 62.2 cm³/mol. The van der Waals surface area contributed by atoms with Gasteiger partial charge in [-0.3, -0.25) is 0 Å². The van der Waals surface area contributed by atoms with Crippen molar-refractivity contribution in [2.75, 3.05) is 6.54 Å². The van der Waals surface area contributed by atoms with Crippen LogP contribution in [0.15, 0.2) is 18.2 Å². The summed E-state index contributed by atoms with van der Waals surface area (Å²) in [5, 5.41) is 0. The zero-order chi connectivity index (χ0) is 12.1. The minimum atomic E-state index is -0.380. The maximum Gasteiger partial charge on any atom is 0.126 e. The first-order valence-corrected chi connectivity index (χ1v) is 5.71. The Kier molecular flexibility index (Phi) is 4.87. The second-order valence-corrected chi connectivity index (χ2v) is 4.45. The summed E-state index contributed by atoms with van der Waals surface area (Å²) in [6, 6.07) is 3.65. The fraction of sp³-hybridized carbons (Fsp3) is 0.538. The molecule has 1 aromatic carbocycles. The monoisotopic (exact) mass is 227 g/mol. The van der Waals surface area contributed by atoms with Gasteiger partial charge in [-0.1, -0.05) is 13.8 Å². The van der Waals surface area contributed by atoms with Gasteiger partial charge in [0.25, 0.3) is 0 Å². The van der Waals surface area contributed by atoms with Crippen LogP contribution in [-0.2, 0) is 0 Å². The number of hydrogen-bond acceptors (Lipinski definition) is 1. The minimum absolute atomic E-state index is 0.0410. The Bertz CT molecular complexity index is 337. The molecule has 0 bridgehead atoms. The molecule has 0 aliphatic carbocycles. The molecule has 0 aromatic heterocycles. The van der Waals surface area contributed by atoms with Gasteiger partial charge in [0.05, 0.1) is 0 Å². The largest absolute Gasteiger partial charge is 0.330 e. The summed E-state index contributed by atoms with van der Waals surface area (Å²) in [5.74, 6) is -0.381. The molecule has 0 heterocycles. The Balaban J connectivity index is 2.95. The average molecular weight is 227 g/mol. The van der Waals surface area contributed by atoms with Gasteiger partial charge in [-0.2, -0.15) is 0 Å². The smallest absolute Gasteiger partial charge is 0.126 e. The number of halogens is 2. The van der Waals surface area contributed by atoms with Gasteiger partial charge in [0.2, 0.25) is 0 Å². The van der Waals surface area contributed by atoms with Crippen LogP contribution in [0.25, 0.3) is 0 Å². The van der Waals surface area contributed by atoms with E-state index in [2.05, 4.69) is 0 Å². The second-order valence-electron chi connectivity index (χ2n) is 4.45. The first-order chi connectivity index (χ1) is 7.56. The molecule has 0 radical (unpaired) electrons. The third-order valence-corrected chi connectivity index (χ3v) is 2.88. The summed E-state index contributed by atoms with van der Waals surface area (Å²) in [4.78, 5) is 0. The molecular weight excluding hydrogens is 208 g/mol. The molecule has 0 saturated carbocycles. The van der Waals surface area contributed by atoms with Crippen LogP contribution in [0.4, 0.5) is 8.78 Å². The SMILES string of the molecule is CC(C)C(CCCN)c1cc(F)ccc1F. The van der Waals surface area contributed by atoms with Crippen LogP contribution < -0.4 is 5.73 Å². The molecule has 0 aliphatic rings. The molecule has 2 N–H and O–H groups in total. The van der Waals surface area contributed by atoms with E-state index in [1.165, 1.54) is 12.1 Å². The van der Waals surface area contributed by atoms with Gasteiger partial charge < -0.3 is 5.73 Å². The molecule has 3 heteroatoms. The van der Waals surface area contributed by atoms with E-state index in [1.54, 1.807) is 0 Å². The third kappa shape index (κ3) is 3.27. The Hall–Kier alpha value is -0.960. The van der Waals surface area contributed by atoms with Crippen LogP contribution >= 0.6 is 0 Å². The second kappa shape index (κ2) is 5.94. The van der Waals surface area contributed by atoms with Gasteiger partial charge in [-0.05, 0) is 55.0 Å². The maximum absolute atomic E-state index is 13.6. The molecule has 90 valence electrons. The molecule has 0 saturated heterocycles. The van der Waals surface area contributed by atoms with E-state index in [9.17, 15) is 8.78 Å². The number of hydrogen-bond donors (Lipinski definition) is 1. The van der Waals surface area contributed by atoms with Crippen molar-refractivity contribution in [2.45, 2.75) is 32.6 Å². The van der Waals surface area contributed by atoms with Crippen LogP contribution in [0, 0.1) is 17.6 Å². The molecule has 0 spiro atoms. The zero-order valence-corrected chi connectivity index (χ0v) is 9.84. The van der Waals surface area contributed by atoms with Crippen molar-refractivity contribution in [1.29, 1.82) is 0 Å². The lowest BCUT2D eigenvalue weighted by Crippen LogP contribution is -2.11. The summed E-state index contributed by atoms with van der Waals surface area (Å²) >= 11 is 0. The van der Waals surface area contributed by atoms with Crippen molar-refractivity contribution in [3.63, 3.8) is 0 Å². The van der Waals surface area contributed by atoms with E-state index in [0.29, 0.717) is 12.1 Å². The summed E-state index contributed by atoms with van der Waals surface area (Å²) in [6.45, 7) is 4.62. The molecule has 1 nitrogen and oxygen atoms in total. The summed E-state index contributed by atoms with van der Waals surface area (Å²) in [5.41, 5.74) is 5.93. The van der Waals surface area contributed by atoms with Gasteiger partial charge in [-0.25, -0.2) is 8.78 Å². The quantitative estimate of drug-likeness (QED) is 0.819. The highest BCUT2D eigenvalue weighted by Gasteiger charge is 2.19. The highest BCUT2D eigenvalue weighted by Crippen LogP contribution is 2.31. The van der Waals surface area contributed by atoms with Crippen molar-refractivity contribution in [2.24, 2.45) is 11.7 Å². The normalized spacial score (nSPS) is 13.1. The maximum atomic E-state index is 13.6. The molecule has 1 rings (SSSR count). The van der Waals surface area contributed by atoms with Crippen molar-refractivity contribution >= 4 is 0 Å². The van der Waals surface area contributed by atoms with Gasteiger partial charge in [0.15, 0.2) is 0 Å². The van der Waals surface area contributed by atoms with Crippen LogP contribution in [0.5, 0.6) is 0 Å². The molecule has 0 aliphatic heterocycles. The molecule has 1 unspecified atom stereocenters. The van der Waals surface area contributed by atoms with Crippen molar-refractivity contribution in [1.82, 2.24) is 0 Å². The number of nitrogens with two attached hydrogens (primary N) is 1. The Labute approximate surface area is 95.7 Å². The van der Waals surface area contributed by atoms with E-state index < -0.39 is 0 Å². The lowest BCUT2D eigenvalue weighted by molar-refractivity contribution is 0.435. The number of rotatable bonds is 5. The van der Waals surface area contributed by atoms with E-state index >= 15 is 0 Å². The van der Waals surface area contributed by atoms with Gasteiger partial charge in [-0.15, -0.1) is 0 Å². The highest BCUT2D eigenvalue weighted by atomic mass is 19.1. The van der Waals surface area contributed by atoms with E-state index in [0.717, 1.165) is 18.9 Å². The molecule has 0 amide bonds. The van der Waals surface area contributed by atoms with E-state index in [4.69, 9.17) is 5.73 Å². The number of benzene rings is 1. The highest BCUT2D eigenvalue weighted by molar-refractivity contribution is 5.23. The van der Waals surface area contributed by atoms with Crippen molar-refractivity contribution in [3.05, 3.63) is 35.4 Å². The van der Waals surface area contributed by atoms with E-state index in [-0.39, 0.29) is 23.5 Å². The lowest BCUT2D eigenvalue weighted by atomic mass is 9.84.